The van der Waals surface area contributed by atoms with Gasteiger partial charge in [-0.2, -0.15) is 5.10 Å². The van der Waals surface area contributed by atoms with Gasteiger partial charge >= 0.3 is 0 Å². The zero-order valence-corrected chi connectivity index (χ0v) is 15.9. The van der Waals surface area contributed by atoms with E-state index in [2.05, 4.69) is 16.9 Å². The molecule has 1 aromatic heterocycles. The largest absolute Gasteiger partial charge is 0.385 e. The Labute approximate surface area is 155 Å². The minimum absolute atomic E-state index is 0.192. The smallest absolute Gasteiger partial charge is 0.125 e. The van der Waals surface area contributed by atoms with Crippen molar-refractivity contribution in [1.29, 1.82) is 0 Å². The van der Waals surface area contributed by atoms with Crippen molar-refractivity contribution in [3.05, 3.63) is 30.2 Å². The number of halogens is 1. The van der Waals surface area contributed by atoms with E-state index >= 15 is 0 Å². The van der Waals surface area contributed by atoms with Crippen molar-refractivity contribution in [2.45, 2.75) is 57.7 Å². The summed E-state index contributed by atoms with van der Waals surface area (Å²) in [7, 11) is 1.80. The monoisotopic (exact) mass is 359 g/mol. The number of piperidine rings is 1. The summed E-state index contributed by atoms with van der Waals surface area (Å²) in [5.74, 6) is 1.14. The third kappa shape index (κ3) is 3.65. The third-order valence-electron chi connectivity index (χ3n) is 6.33. The molecule has 2 saturated heterocycles. The third-order valence-corrected chi connectivity index (χ3v) is 6.33. The summed E-state index contributed by atoms with van der Waals surface area (Å²) in [6.07, 6.45) is 8.38. The predicted octanol–water partition coefficient (Wildman–Crippen LogP) is 4.09. The molecule has 4 nitrogen and oxygen atoms in total. The maximum absolute atomic E-state index is 13.6. The van der Waals surface area contributed by atoms with Crippen molar-refractivity contribution < 1.29 is 9.13 Å². The molecule has 2 aromatic rings. The van der Waals surface area contributed by atoms with Crippen LogP contribution in [0.4, 0.5) is 4.39 Å². The molecule has 0 aliphatic carbocycles. The van der Waals surface area contributed by atoms with Crippen molar-refractivity contribution in [3.63, 3.8) is 0 Å². The Morgan fingerprint density at radius 3 is 2.73 bits per heavy atom. The Hall–Kier alpha value is -1.46. The molecule has 0 N–H and O–H groups in total. The van der Waals surface area contributed by atoms with Gasteiger partial charge in [-0.3, -0.25) is 9.58 Å². The zero-order valence-electron chi connectivity index (χ0n) is 15.9. The quantitative estimate of drug-likeness (QED) is 0.746. The van der Waals surface area contributed by atoms with Crippen molar-refractivity contribution >= 4 is 10.9 Å². The summed E-state index contributed by atoms with van der Waals surface area (Å²) in [6.45, 7) is 5.14. The number of fused-ring (bicyclic) bond motifs is 3. The Balaban J connectivity index is 1.38. The van der Waals surface area contributed by atoms with Crippen molar-refractivity contribution in [3.8, 4) is 0 Å². The molecule has 4 rings (SSSR count). The van der Waals surface area contributed by atoms with Crippen LogP contribution in [0.3, 0.4) is 0 Å². The van der Waals surface area contributed by atoms with Crippen LogP contribution in [0.5, 0.6) is 0 Å². The molecule has 1 aromatic carbocycles. The number of nitrogens with zero attached hydrogens (tertiary/aromatic N) is 3. The molecule has 3 heterocycles. The van der Waals surface area contributed by atoms with Gasteiger partial charge in [0.1, 0.15) is 5.82 Å². The number of hydrogen-bond donors (Lipinski definition) is 0. The fourth-order valence-corrected chi connectivity index (χ4v) is 5.11. The SMILES string of the molecule is COCCC1CC2CCC(C1)N2C[C@@H](C)Cn1ncc2ccc(F)cc21. The molecule has 2 aliphatic heterocycles. The molecule has 0 radical (unpaired) electrons. The van der Waals surface area contributed by atoms with E-state index in [1.807, 2.05) is 16.9 Å². The molecule has 0 spiro atoms. The fraction of sp³-hybridized carbons (Fsp3) is 0.667. The summed E-state index contributed by atoms with van der Waals surface area (Å²) >= 11 is 0. The summed E-state index contributed by atoms with van der Waals surface area (Å²) in [6, 6.07) is 6.39. The normalized spacial score (nSPS) is 27.3. The lowest BCUT2D eigenvalue weighted by molar-refractivity contribution is 0.0700. The fourth-order valence-electron chi connectivity index (χ4n) is 5.11. The molecule has 5 heteroatoms. The van der Waals surface area contributed by atoms with Crippen LogP contribution < -0.4 is 0 Å². The van der Waals surface area contributed by atoms with Gasteiger partial charge in [0.25, 0.3) is 0 Å². The minimum atomic E-state index is -0.192. The highest BCUT2D eigenvalue weighted by atomic mass is 19.1. The second-order valence-electron chi connectivity index (χ2n) is 8.34. The molecule has 142 valence electrons. The van der Waals surface area contributed by atoms with E-state index in [0.717, 1.165) is 48.6 Å². The van der Waals surface area contributed by atoms with Crippen LogP contribution in [-0.4, -0.2) is 47.0 Å². The van der Waals surface area contributed by atoms with Gasteiger partial charge in [0, 0.05) is 44.3 Å². The molecular formula is C21H30FN3O. The van der Waals surface area contributed by atoms with E-state index in [-0.39, 0.29) is 5.82 Å². The van der Waals surface area contributed by atoms with Gasteiger partial charge in [-0.05, 0) is 62.1 Å². The first-order chi connectivity index (χ1) is 12.6. The van der Waals surface area contributed by atoms with E-state index < -0.39 is 0 Å². The molecule has 0 amide bonds. The number of aromatic nitrogens is 2. The van der Waals surface area contributed by atoms with Gasteiger partial charge < -0.3 is 4.74 Å². The Bertz CT molecular complexity index is 732. The second kappa shape index (κ2) is 7.65. The van der Waals surface area contributed by atoms with Crippen LogP contribution in [0.15, 0.2) is 24.4 Å². The van der Waals surface area contributed by atoms with Gasteiger partial charge in [-0.25, -0.2) is 4.39 Å². The van der Waals surface area contributed by atoms with Crippen LogP contribution in [0, 0.1) is 17.7 Å². The minimum Gasteiger partial charge on any atom is -0.385 e. The molecule has 26 heavy (non-hydrogen) atoms. The molecule has 2 fully saturated rings. The van der Waals surface area contributed by atoms with E-state index in [1.54, 1.807) is 13.2 Å². The highest BCUT2D eigenvalue weighted by Gasteiger charge is 2.40. The van der Waals surface area contributed by atoms with Gasteiger partial charge in [-0.15, -0.1) is 0 Å². The predicted molar refractivity (Wildman–Crippen MR) is 102 cm³/mol. The van der Waals surface area contributed by atoms with Crippen LogP contribution in [-0.2, 0) is 11.3 Å². The van der Waals surface area contributed by atoms with E-state index in [4.69, 9.17) is 4.74 Å². The number of methoxy groups -OCH3 is 1. The standard InChI is InChI=1S/C21H30FN3O/c1-15(14-25-21-11-18(22)4-3-17(21)12-23-25)13-24-19-5-6-20(24)10-16(9-19)7-8-26-2/h3-4,11-12,15-16,19-20H,5-10,13-14H2,1-2H3/t15-,16?,19?,20?/m1/s1. The summed E-state index contributed by atoms with van der Waals surface area (Å²) in [5, 5.41) is 5.50. The van der Waals surface area contributed by atoms with Crippen molar-refractivity contribution in [1.82, 2.24) is 14.7 Å². The summed E-state index contributed by atoms with van der Waals surface area (Å²) < 4.78 is 20.8. The highest BCUT2D eigenvalue weighted by Crippen LogP contribution is 2.40. The number of benzene rings is 1. The molecule has 2 unspecified atom stereocenters. The van der Waals surface area contributed by atoms with Crippen molar-refractivity contribution in [2.24, 2.45) is 11.8 Å². The van der Waals surface area contributed by atoms with Crippen LogP contribution in [0.2, 0.25) is 0 Å². The first-order valence-electron chi connectivity index (χ1n) is 9.99. The second-order valence-corrected chi connectivity index (χ2v) is 8.34. The van der Waals surface area contributed by atoms with Crippen LogP contribution in [0.25, 0.3) is 10.9 Å². The molecule has 3 atom stereocenters. The summed E-state index contributed by atoms with van der Waals surface area (Å²) in [5.41, 5.74) is 0.901. The molecule has 2 bridgehead atoms. The van der Waals surface area contributed by atoms with E-state index in [9.17, 15) is 4.39 Å². The number of ether oxygens (including phenoxy) is 1. The van der Waals surface area contributed by atoms with Crippen molar-refractivity contribution in [2.75, 3.05) is 20.3 Å². The zero-order chi connectivity index (χ0) is 18.1. The lowest BCUT2D eigenvalue weighted by Crippen LogP contribution is -2.45. The number of hydrogen-bond acceptors (Lipinski definition) is 3. The summed E-state index contributed by atoms with van der Waals surface area (Å²) in [4.78, 5) is 2.75. The van der Waals surface area contributed by atoms with Gasteiger partial charge in [-0.1, -0.05) is 6.92 Å². The van der Waals surface area contributed by atoms with E-state index in [0.29, 0.717) is 5.92 Å². The average molecular weight is 359 g/mol. The Morgan fingerprint density at radius 1 is 1.23 bits per heavy atom. The first-order valence-corrected chi connectivity index (χ1v) is 9.99. The van der Waals surface area contributed by atoms with Gasteiger partial charge in [0.15, 0.2) is 0 Å². The maximum atomic E-state index is 13.6. The first kappa shape index (κ1) is 17.9. The average Bonchev–Trinajstić information content (AvgIpc) is 3.10. The Morgan fingerprint density at radius 2 is 2.00 bits per heavy atom. The maximum Gasteiger partial charge on any atom is 0.125 e. The molecule has 0 saturated carbocycles. The van der Waals surface area contributed by atoms with E-state index in [1.165, 1.54) is 38.2 Å². The molecular weight excluding hydrogens is 329 g/mol. The number of rotatable bonds is 7. The van der Waals surface area contributed by atoms with Gasteiger partial charge in [0.05, 0.1) is 11.7 Å². The highest BCUT2D eigenvalue weighted by molar-refractivity contribution is 5.78. The van der Waals surface area contributed by atoms with Crippen LogP contribution >= 0.6 is 0 Å². The topological polar surface area (TPSA) is 30.3 Å². The molecule has 2 aliphatic rings. The van der Waals surface area contributed by atoms with Gasteiger partial charge in [0.2, 0.25) is 0 Å². The lowest BCUT2D eigenvalue weighted by atomic mass is 9.88. The van der Waals surface area contributed by atoms with Crippen LogP contribution in [0.1, 0.15) is 39.0 Å². The Kier molecular flexibility index (Phi) is 5.28. The lowest BCUT2D eigenvalue weighted by Gasteiger charge is -2.40.